The number of hydrogen-bond acceptors (Lipinski definition) is 4. The van der Waals surface area contributed by atoms with E-state index < -0.39 is 0 Å². The molecule has 27 heavy (non-hydrogen) atoms. The molecule has 0 aromatic carbocycles. The SMILES string of the molecule is CCNC(=NCc1c(CC)noc1CC)NCCC1CCN(CC)CC1.I. The first-order valence-corrected chi connectivity index (χ1v) is 10.4. The molecule has 7 heteroatoms. The van der Waals surface area contributed by atoms with Gasteiger partial charge in [0, 0.05) is 25.1 Å². The highest BCUT2D eigenvalue weighted by Gasteiger charge is 2.18. The predicted octanol–water partition coefficient (Wildman–Crippen LogP) is 3.59. The molecular formula is C20H38IN5O. The van der Waals surface area contributed by atoms with Gasteiger partial charge in [-0.05, 0) is 58.2 Å². The molecule has 0 amide bonds. The minimum atomic E-state index is 0. The zero-order valence-electron chi connectivity index (χ0n) is 17.5. The van der Waals surface area contributed by atoms with Crippen molar-refractivity contribution in [2.24, 2.45) is 10.9 Å². The van der Waals surface area contributed by atoms with Gasteiger partial charge in [-0.15, -0.1) is 24.0 Å². The lowest BCUT2D eigenvalue weighted by atomic mass is 9.93. The van der Waals surface area contributed by atoms with Crippen LogP contribution in [0, 0.1) is 5.92 Å². The van der Waals surface area contributed by atoms with Crippen LogP contribution in [0.25, 0.3) is 0 Å². The Morgan fingerprint density at radius 2 is 1.89 bits per heavy atom. The fraction of sp³-hybridized carbons (Fsp3) is 0.800. The lowest BCUT2D eigenvalue weighted by Gasteiger charge is -2.31. The molecule has 2 rings (SSSR count). The molecule has 0 bridgehead atoms. The Labute approximate surface area is 181 Å². The molecular weight excluding hydrogens is 453 g/mol. The number of aromatic nitrogens is 1. The number of hydrogen-bond donors (Lipinski definition) is 2. The second kappa shape index (κ2) is 13.4. The van der Waals surface area contributed by atoms with Crippen molar-refractivity contribution in [1.29, 1.82) is 0 Å². The van der Waals surface area contributed by atoms with Crippen molar-refractivity contribution < 1.29 is 4.52 Å². The summed E-state index contributed by atoms with van der Waals surface area (Å²) in [7, 11) is 0. The highest BCUT2D eigenvalue weighted by atomic mass is 127. The first kappa shape index (κ1) is 24.2. The minimum absolute atomic E-state index is 0. The molecule has 0 unspecified atom stereocenters. The lowest BCUT2D eigenvalue weighted by Crippen LogP contribution is -2.39. The first-order valence-electron chi connectivity index (χ1n) is 10.4. The van der Waals surface area contributed by atoms with Gasteiger partial charge in [-0.3, -0.25) is 0 Å². The van der Waals surface area contributed by atoms with E-state index in [1.54, 1.807) is 0 Å². The second-order valence-electron chi connectivity index (χ2n) is 7.03. The van der Waals surface area contributed by atoms with Crippen molar-refractivity contribution in [2.45, 2.75) is 66.3 Å². The Hall–Kier alpha value is -0.830. The molecule has 0 atom stereocenters. The lowest BCUT2D eigenvalue weighted by molar-refractivity contribution is 0.187. The van der Waals surface area contributed by atoms with Crippen LogP contribution in [-0.4, -0.2) is 48.7 Å². The Balaban J connectivity index is 0.00000364. The molecule has 1 saturated heterocycles. The van der Waals surface area contributed by atoms with Gasteiger partial charge < -0.3 is 20.1 Å². The molecule has 1 aliphatic rings. The second-order valence-corrected chi connectivity index (χ2v) is 7.03. The summed E-state index contributed by atoms with van der Waals surface area (Å²) in [4.78, 5) is 7.31. The van der Waals surface area contributed by atoms with Gasteiger partial charge in [0.15, 0.2) is 5.96 Å². The van der Waals surface area contributed by atoms with Crippen LogP contribution in [0.1, 0.15) is 64.0 Å². The summed E-state index contributed by atoms with van der Waals surface area (Å²) in [5.74, 6) is 2.69. The predicted molar refractivity (Wildman–Crippen MR) is 123 cm³/mol. The highest BCUT2D eigenvalue weighted by Crippen LogP contribution is 2.19. The Bertz CT molecular complexity index is 531. The van der Waals surface area contributed by atoms with Crippen LogP contribution in [-0.2, 0) is 19.4 Å². The van der Waals surface area contributed by atoms with Crippen LogP contribution in [0.3, 0.4) is 0 Å². The number of halogens is 1. The molecule has 1 aliphatic heterocycles. The monoisotopic (exact) mass is 491 g/mol. The van der Waals surface area contributed by atoms with E-state index in [4.69, 9.17) is 9.52 Å². The normalized spacial score (nSPS) is 16.2. The van der Waals surface area contributed by atoms with E-state index in [2.05, 4.69) is 48.4 Å². The van der Waals surface area contributed by atoms with Gasteiger partial charge in [0.2, 0.25) is 0 Å². The maximum absolute atomic E-state index is 5.44. The van der Waals surface area contributed by atoms with Crippen molar-refractivity contribution in [3.8, 4) is 0 Å². The third kappa shape index (κ3) is 7.60. The largest absolute Gasteiger partial charge is 0.361 e. The fourth-order valence-electron chi connectivity index (χ4n) is 3.60. The Kier molecular flexibility index (Phi) is 12.0. The van der Waals surface area contributed by atoms with Gasteiger partial charge in [-0.25, -0.2) is 4.99 Å². The minimum Gasteiger partial charge on any atom is -0.361 e. The summed E-state index contributed by atoms with van der Waals surface area (Å²) >= 11 is 0. The van der Waals surface area contributed by atoms with Gasteiger partial charge >= 0.3 is 0 Å². The standard InChI is InChI=1S/C20H37N5O.HI/c1-5-18-17(19(6-2)26-24-18)15-23-20(21-7-3)22-12-9-16-10-13-25(8-4)14-11-16;/h16H,5-15H2,1-4H3,(H2,21,22,23);1H. The number of piperidine rings is 1. The maximum atomic E-state index is 5.44. The van der Waals surface area contributed by atoms with Crippen molar-refractivity contribution in [1.82, 2.24) is 20.7 Å². The van der Waals surface area contributed by atoms with E-state index in [0.29, 0.717) is 6.54 Å². The van der Waals surface area contributed by atoms with Crippen LogP contribution in [0.4, 0.5) is 0 Å². The van der Waals surface area contributed by atoms with E-state index in [-0.39, 0.29) is 24.0 Å². The number of rotatable bonds is 9. The molecule has 0 spiro atoms. The van der Waals surface area contributed by atoms with Crippen molar-refractivity contribution >= 4 is 29.9 Å². The Morgan fingerprint density at radius 3 is 2.48 bits per heavy atom. The quantitative estimate of drug-likeness (QED) is 0.314. The molecule has 6 nitrogen and oxygen atoms in total. The summed E-state index contributed by atoms with van der Waals surface area (Å²) in [5.41, 5.74) is 2.18. The van der Waals surface area contributed by atoms with Crippen LogP contribution in [0.2, 0.25) is 0 Å². The van der Waals surface area contributed by atoms with E-state index in [9.17, 15) is 0 Å². The molecule has 0 aliphatic carbocycles. The third-order valence-corrected chi connectivity index (χ3v) is 5.35. The number of guanidine groups is 1. The zero-order valence-corrected chi connectivity index (χ0v) is 19.8. The van der Waals surface area contributed by atoms with E-state index in [0.717, 1.165) is 54.8 Å². The molecule has 0 radical (unpaired) electrons. The molecule has 2 N–H and O–H groups in total. The van der Waals surface area contributed by atoms with Gasteiger partial charge in [0.05, 0.1) is 12.2 Å². The van der Waals surface area contributed by atoms with Gasteiger partial charge in [0.1, 0.15) is 5.76 Å². The van der Waals surface area contributed by atoms with Crippen LogP contribution in [0.15, 0.2) is 9.52 Å². The molecule has 0 saturated carbocycles. The first-order chi connectivity index (χ1) is 12.7. The number of likely N-dealkylation sites (tertiary alicyclic amines) is 1. The third-order valence-electron chi connectivity index (χ3n) is 5.35. The molecule has 1 aromatic rings. The summed E-state index contributed by atoms with van der Waals surface area (Å²) in [6, 6.07) is 0. The topological polar surface area (TPSA) is 65.7 Å². The molecule has 2 heterocycles. The van der Waals surface area contributed by atoms with Crippen LogP contribution < -0.4 is 10.6 Å². The summed E-state index contributed by atoms with van der Waals surface area (Å²) in [5, 5.41) is 11.0. The maximum Gasteiger partial charge on any atom is 0.191 e. The van der Waals surface area contributed by atoms with Gasteiger partial charge in [-0.2, -0.15) is 0 Å². The van der Waals surface area contributed by atoms with Crippen LogP contribution in [0.5, 0.6) is 0 Å². The van der Waals surface area contributed by atoms with E-state index >= 15 is 0 Å². The molecule has 1 fully saturated rings. The number of nitrogens with one attached hydrogen (secondary N) is 2. The number of aliphatic imine (C=N–C) groups is 1. The van der Waals surface area contributed by atoms with Crippen molar-refractivity contribution in [3.63, 3.8) is 0 Å². The van der Waals surface area contributed by atoms with Crippen molar-refractivity contribution in [2.75, 3.05) is 32.7 Å². The average Bonchev–Trinajstić information content (AvgIpc) is 3.08. The van der Waals surface area contributed by atoms with E-state index in [1.165, 1.54) is 38.9 Å². The smallest absolute Gasteiger partial charge is 0.191 e. The van der Waals surface area contributed by atoms with Gasteiger partial charge in [-0.1, -0.05) is 25.9 Å². The van der Waals surface area contributed by atoms with Crippen LogP contribution >= 0.6 is 24.0 Å². The molecule has 1 aromatic heterocycles. The fourth-order valence-corrected chi connectivity index (χ4v) is 3.60. The summed E-state index contributed by atoms with van der Waals surface area (Å²) in [6.45, 7) is 14.7. The summed E-state index contributed by atoms with van der Waals surface area (Å²) in [6.07, 6.45) is 5.61. The van der Waals surface area contributed by atoms with Crippen molar-refractivity contribution in [3.05, 3.63) is 17.0 Å². The zero-order chi connectivity index (χ0) is 18.8. The number of aryl methyl sites for hydroxylation is 2. The summed E-state index contributed by atoms with van der Waals surface area (Å²) < 4.78 is 5.44. The molecule has 156 valence electrons. The van der Waals surface area contributed by atoms with E-state index in [1.807, 2.05) is 0 Å². The van der Waals surface area contributed by atoms with Gasteiger partial charge in [0.25, 0.3) is 0 Å². The average molecular weight is 491 g/mol. The Morgan fingerprint density at radius 1 is 1.15 bits per heavy atom. The number of nitrogens with zero attached hydrogens (tertiary/aromatic N) is 3. The highest BCUT2D eigenvalue weighted by molar-refractivity contribution is 14.0.